The van der Waals surface area contributed by atoms with Gasteiger partial charge in [-0.2, -0.15) is 0 Å². The highest BCUT2D eigenvalue weighted by atomic mass is 19.1. The van der Waals surface area contributed by atoms with Crippen LogP contribution in [0.1, 0.15) is 30.9 Å². The van der Waals surface area contributed by atoms with Gasteiger partial charge in [-0.15, -0.1) is 0 Å². The molecule has 0 aromatic heterocycles. The molecule has 3 rings (SSSR count). The zero-order valence-electron chi connectivity index (χ0n) is 11.0. The van der Waals surface area contributed by atoms with E-state index in [1.807, 2.05) is 6.07 Å². The van der Waals surface area contributed by atoms with Gasteiger partial charge in [0, 0.05) is 19.2 Å². The van der Waals surface area contributed by atoms with Crippen molar-refractivity contribution >= 4 is 0 Å². The Morgan fingerprint density at radius 2 is 2.26 bits per heavy atom. The van der Waals surface area contributed by atoms with Gasteiger partial charge in [0.2, 0.25) is 0 Å². The Labute approximate surface area is 113 Å². The van der Waals surface area contributed by atoms with Crippen LogP contribution in [-0.2, 0) is 9.47 Å². The lowest BCUT2D eigenvalue weighted by atomic mass is 10.1. The van der Waals surface area contributed by atoms with E-state index in [9.17, 15) is 4.39 Å². The smallest absolute Gasteiger partial charge is 0.123 e. The summed E-state index contributed by atoms with van der Waals surface area (Å²) in [5.41, 5.74) is 0.903. The summed E-state index contributed by atoms with van der Waals surface area (Å²) in [5.74, 6) is -0.208. The summed E-state index contributed by atoms with van der Waals surface area (Å²) in [4.78, 5) is 0. The van der Waals surface area contributed by atoms with Crippen LogP contribution >= 0.6 is 0 Å². The SMILES string of the molecule is Fc1cccc(C(CNC2CC2)OC2CCOC2)c1. The molecule has 0 bridgehead atoms. The van der Waals surface area contributed by atoms with Crippen molar-refractivity contribution in [1.82, 2.24) is 5.32 Å². The molecule has 0 radical (unpaired) electrons. The molecule has 1 heterocycles. The van der Waals surface area contributed by atoms with Crippen LogP contribution in [0.2, 0.25) is 0 Å². The molecule has 104 valence electrons. The Hall–Kier alpha value is -0.970. The molecule has 1 aliphatic carbocycles. The number of halogens is 1. The van der Waals surface area contributed by atoms with E-state index >= 15 is 0 Å². The molecule has 1 saturated heterocycles. The highest BCUT2D eigenvalue weighted by molar-refractivity contribution is 5.19. The largest absolute Gasteiger partial charge is 0.379 e. The summed E-state index contributed by atoms with van der Waals surface area (Å²) >= 11 is 0. The number of ether oxygens (including phenoxy) is 2. The Morgan fingerprint density at radius 3 is 2.95 bits per heavy atom. The summed E-state index contributed by atoms with van der Waals surface area (Å²) in [6, 6.07) is 7.32. The van der Waals surface area contributed by atoms with Crippen molar-refractivity contribution in [2.24, 2.45) is 0 Å². The average Bonchev–Trinajstić information content (AvgIpc) is 3.10. The Bertz CT molecular complexity index is 416. The third-order valence-electron chi connectivity index (χ3n) is 3.63. The summed E-state index contributed by atoms with van der Waals surface area (Å²) < 4.78 is 24.8. The first-order valence-electron chi connectivity index (χ1n) is 7.03. The fraction of sp³-hybridized carbons (Fsp3) is 0.600. The lowest BCUT2D eigenvalue weighted by molar-refractivity contribution is -0.0167. The molecule has 1 aromatic rings. The van der Waals surface area contributed by atoms with E-state index in [0.29, 0.717) is 12.6 Å². The zero-order valence-corrected chi connectivity index (χ0v) is 11.0. The lowest BCUT2D eigenvalue weighted by Gasteiger charge is -2.22. The van der Waals surface area contributed by atoms with Crippen molar-refractivity contribution in [3.05, 3.63) is 35.6 Å². The van der Waals surface area contributed by atoms with E-state index in [1.54, 1.807) is 12.1 Å². The van der Waals surface area contributed by atoms with Crippen molar-refractivity contribution in [3.8, 4) is 0 Å². The average molecular weight is 265 g/mol. The topological polar surface area (TPSA) is 30.5 Å². The molecule has 1 N–H and O–H groups in total. The normalized spacial score (nSPS) is 24.6. The van der Waals surface area contributed by atoms with Crippen LogP contribution in [0, 0.1) is 5.82 Å². The molecule has 0 spiro atoms. The van der Waals surface area contributed by atoms with Crippen LogP contribution in [0.3, 0.4) is 0 Å². The predicted octanol–water partition coefficient (Wildman–Crippen LogP) is 2.42. The van der Waals surface area contributed by atoms with Gasteiger partial charge in [0.15, 0.2) is 0 Å². The first-order chi connectivity index (χ1) is 9.31. The van der Waals surface area contributed by atoms with E-state index in [2.05, 4.69) is 5.32 Å². The molecular formula is C15H20FNO2. The van der Waals surface area contributed by atoms with Gasteiger partial charge in [-0.3, -0.25) is 0 Å². The predicted molar refractivity (Wildman–Crippen MR) is 70.5 cm³/mol. The molecule has 0 amide bonds. The molecule has 1 aromatic carbocycles. The standard InChI is InChI=1S/C15H20FNO2/c16-12-3-1-2-11(8-12)15(9-17-13-4-5-13)19-14-6-7-18-10-14/h1-3,8,13-15,17H,4-7,9-10H2. The molecule has 1 saturated carbocycles. The van der Waals surface area contributed by atoms with Crippen LogP contribution in [0.5, 0.6) is 0 Å². The van der Waals surface area contributed by atoms with Crippen LogP contribution in [0.25, 0.3) is 0 Å². The third-order valence-corrected chi connectivity index (χ3v) is 3.63. The minimum atomic E-state index is -0.208. The highest BCUT2D eigenvalue weighted by Crippen LogP contribution is 2.25. The fourth-order valence-corrected chi connectivity index (χ4v) is 2.37. The molecule has 2 fully saturated rings. The van der Waals surface area contributed by atoms with E-state index in [4.69, 9.17) is 9.47 Å². The first kappa shape index (κ1) is 13.0. The maximum Gasteiger partial charge on any atom is 0.123 e. The van der Waals surface area contributed by atoms with Crippen LogP contribution in [0.4, 0.5) is 4.39 Å². The van der Waals surface area contributed by atoms with E-state index in [-0.39, 0.29) is 18.0 Å². The molecular weight excluding hydrogens is 245 g/mol. The zero-order chi connectivity index (χ0) is 13.1. The van der Waals surface area contributed by atoms with Crippen LogP contribution < -0.4 is 5.32 Å². The second kappa shape index (κ2) is 5.99. The molecule has 1 aliphatic heterocycles. The van der Waals surface area contributed by atoms with E-state index < -0.39 is 0 Å². The molecule has 3 nitrogen and oxygen atoms in total. The molecule has 2 aliphatic rings. The van der Waals surface area contributed by atoms with Crippen LogP contribution in [0.15, 0.2) is 24.3 Å². The van der Waals surface area contributed by atoms with Gasteiger partial charge in [0.25, 0.3) is 0 Å². The van der Waals surface area contributed by atoms with Crippen molar-refractivity contribution < 1.29 is 13.9 Å². The van der Waals surface area contributed by atoms with Crippen molar-refractivity contribution in [3.63, 3.8) is 0 Å². The monoisotopic (exact) mass is 265 g/mol. The molecule has 19 heavy (non-hydrogen) atoms. The molecule has 2 unspecified atom stereocenters. The second-order valence-electron chi connectivity index (χ2n) is 5.35. The van der Waals surface area contributed by atoms with Crippen molar-refractivity contribution in [1.29, 1.82) is 0 Å². The molecule has 4 heteroatoms. The van der Waals surface area contributed by atoms with Gasteiger partial charge in [0.05, 0.1) is 18.8 Å². The highest BCUT2D eigenvalue weighted by Gasteiger charge is 2.26. The van der Waals surface area contributed by atoms with E-state index in [0.717, 1.165) is 25.1 Å². The van der Waals surface area contributed by atoms with Gasteiger partial charge >= 0.3 is 0 Å². The number of rotatable bonds is 6. The summed E-state index contributed by atoms with van der Waals surface area (Å²) in [5, 5.41) is 3.46. The third kappa shape index (κ3) is 3.75. The van der Waals surface area contributed by atoms with Gasteiger partial charge in [0.1, 0.15) is 5.82 Å². The second-order valence-corrected chi connectivity index (χ2v) is 5.35. The van der Waals surface area contributed by atoms with Gasteiger partial charge < -0.3 is 14.8 Å². The fourth-order valence-electron chi connectivity index (χ4n) is 2.37. The van der Waals surface area contributed by atoms with Crippen molar-refractivity contribution in [2.75, 3.05) is 19.8 Å². The quantitative estimate of drug-likeness (QED) is 0.857. The van der Waals surface area contributed by atoms with Gasteiger partial charge in [-0.05, 0) is 37.0 Å². The summed E-state index contributed by atoms with van der Waals surface area (Å²) in [7, 11) is 0. The van der Waals surface area contributed by atoms with Crippen LogP contribution in [-0.4, -0.2) is 31.9 Å². The Kier molecular flexibility index (Phi) is 4.11. The molecule has 2 atom stereocenters. The lowest BCUT2D eigenvalue weighted by Crippen LogP contribution is -2.28. The van der Waals surface area contributed by atoms with E-state index in [1.165, 1.54) is 18.9 Å². The van der Waals surface area contributed by atoms with Crippen molar-refractivity contribution in [2.45, 2.75) is 37.5 Å². The maximum absolute atomic E-state index is 13.4. The number of benzene rings is 1. The summed E-state index contributed by atoms with van der Waals surface area (Å²) in [6.07, 6.45) is 3.44. The Morgan fingerprint density at radius 1 is 1.37 bits per heavy atom. The number of hydrogen-bond acceptors (Lipinski definition) is 3. The number of hydrogen-bond donors (Lipinski definition) is 1. The first-order valence-corrected chi connectivity index (χ1v) is 7.03. The Balaban J connectivity index is 1.66. The van der Waals surface area contributed by atoms with Gasteiger partial charge in [-0.1, -0.05) is 12.1 Å². The maximum atomic E-state index is 13.4. The summed E-state index contributed by atoms with van der Waals surface area (Å²) in [6.45, 7) is 2.15. The minimum Gasteiger partial charge on any atom is -0.379 e. The number of nitrogens with one attached hydrogen (secondary N) is 1. The van der Waals surface area contributed by atoms with Gasteiger partial charge in [-0.25, -0.2) is 4.39 Å². The minimum absolute atomic E-state index is 0.0944.